The van der Waals surface area contributed by atoms with Crippen LogP contribution in [0.3, 0.4) is 0 Å². The fraction of sp³-hybridized carbons (Fsp3) is 0.316. The minimum absolute atomic E-state index is 0.0150. The summed E-state index contributed by atoms with van der Waals surface area (Å²) < 4.78 is 4.22. The van der Waals surface area contributed by atoms with Gasteiger partial charge in [0.1, 0.15) is 0 Å². The summed E-state index contributed by atoms with van der Waals surface area (Å²) in [7, 11) is 14.6. The molecule has 0 atom stereocenters. The van der Waals surface area contributed by atoms with Crippen molar-refractivity contribution in [3.05, 3.63) is 53.6 Å². The Morgan fingerprint density at radius 2 is 1.80 bits per heavy atom. The number of fused-ring (bicyclic) bond motifs is 3. The number of nitrogens with one attached hydrogen (secondary N) is 1. The van der Waals surface area contributed by atoms with Gasteiger partial charge in [-0.15, -0.1) is 0 Å². The van der Waals surface area contributed by atoms with Gasteiger partial charge in [-0.05, 0) is 0 Å². The van der Waals surface area contributed by atoms with Crippen molar-refractivity contribution in [3.8, 4) is 11.1 Å². The van der Waals surface area contributed by atoms with Crippen LogP contribution in [0.25, 0.3) is 11.1 Å². The number of rotatable bonds is 5. The van der Waals surface area contributed by atoms with E-state index in [1.165, 1.54) is 22.3 Å². The molecule has 3 rings (SSSR count). The fourth-order valence-corrected chi connectivity index (χ4v) is 16.0. The molecule has 0 spiro atoms. The van der Waals surface area contributed by atoms with E-state index < -0.39 is 19.4 Å². The first-order valence-corrected chi connectivity index (χ1v) is 20.3. The van der Waals surface area contributed by atoms with E-state index in [0.29, 0.717) is 6.42 Å². The standard InChI is InChI=1S/C13H9.C4H9NO.C2H7Si.2ClH.Ti/c1-3-7-12-10(5-1)9-11-6-2-4-8-13(11)12;1-2-3-4(5)6;1-3-2;;;/h1-5,7-8H,9H2;2-3H2,1H3,(H2,5,6);3H,1-2H3;2*1H;/q;;;;;+3/p-3. The molecule has 133 valence electrons. The Labute approximate surface area is 159 Å². The van der Waals surface area contributed by atoms with Gasteiger partial charge in [0.05, 0.1) is 0 Å². The van der Waals surface area contributed by atoms with Crippen molar-refractivity contribution in [2.24, 2.45) is 0 Å². The van der Waals surface area contributed by atoms with Crippen molar-refractivity contribution < 1.29 is 17.5 Å². The van der Waals surface area contributed by atoms with Crippen molar-refractivity contribution in [1.29, 1.82) is 0 Å². The molecule has 1 aliphatic carbocycles. The molecule has 0 unspecified atom stereocenters. The molecule has 0 radical (unpaired) electrons. The third kappa shape index (κ3) is 3.26. The second kappa shape index (κ2) is 6.86. The van der Waals surface area contributed by atoms with Gasteiger partial charge in [0.25, 0.3) is 0 Å². The Morgan fingerprint density at radius 1 is 1.12 bits per heavy atom. The normalized spacial score (nSPS) is 14.6. The quantitative estimate of drug-likeness (QED) is 0.586. The second-order valence-corrected chi connectivity index (χ2v) is 34.6. The molecule has 0 fully saturated rings. The molecule has 0 heterocycles. The summed E-state index contributed by atoms with van der Waals surface area (Å²) in [6.07, 6.45) is 2.10. The van der Waals surface area contributed by atoms with Gasteiger partial charge in [-0.25, -0.2) is 0 Å². The van der Waals surface area contributed by atoms with Gasteiger partial charge >= 0.3 is 160 Å². The molecule has 2 nitrogen and oxygen atoms in total. The summed E-state index contributed by atoms with van der Waals surface area (Å²) in [4.78, 5) is 12.5. The molecule has 1 aliphatic rings. The summed E-state index contributed by atoms with van der Waals surface area (Å²) in [6.45, 7) is 4.74. The molecular formula is C19H24Cl2NOSiTi. The third-order valence-electron chi connectivity index (χ3n) is 5.20. The number of hydrogen-bond acceptors (Lipinski definition) is 1. The van der Waals surface area contributed by atoms with Gasteiger partial charge in [0.2, 0.25) is 0 Å². The van der Waals surface area contributed by atoms with E-state index in [1.54, 1.807) is 0 Å². The van der Waals surface area contributed by atoms with Gasteiger partial charge in [0.15, 0.2) is 0 Å². The molecule has 0 saturated heterocycles. The van der Waals surface area contributed by atoms with Crippen molar-refractivity contribution in [2.45, 2.75) is 39.3 Å². The Bertz CT molecular complexity index is 838. The molecule has 0 bridgehead atoms. The van der Waals surface area contributed by atoms with E-state index in [-0.39, 0.29) is 5.91 Å². The van der Waals surface area contributed by atoms with Gasteiger partial charge in [-0.2, -0.15) is 0 Å². The van der Waals surface area contributed by atoms with E-state index in [2.05, 4.69) is 53.3 Å². The fourth-order valence-electron chi connectivity index (χ4n) is 3.65. The van der Waals surface area contributed by atoms with Crippen LogP contribution in [-0.2, 0) is 23.9 Å². The third-order valence-corrected chi connectivity index (χ3v) is 35.3. The van der Waals surface area contributed by atoms with Crippen LogP contribution in [0.4, 0.5) is 0 Å². The van der Waals surface area contributed by atoms with E-state index in [4.69, 9.17) is 18.6 Å². The number of benzene rings is 2. The molecule has 25 heavy (non-hydrogen) atoms. The van der Waals surface area contributed by atoms with Gasteiger partial charge in [0, 0.05) is 0 Å². The van der Waals surface area contributed by atoms with Crippen LogP contribution in [0.1, 0.15) is 30.9 Å². The summed E-state index contributed by atoms with van der Waals surface area (Å²) in [6, 6.07) is 14.7. The minimum atomic E-state index is -4.34. The Morgan fingerprint density at radius 3 is 2.48 bits per heavy atom. The topological polar surface area (TPSA) is 29.1 Å². The van der Waals surface area contributed by atoms with Crippen LogP contribution >= 0.6 is 18.6 Å². The number of hydrogen-bond donors (Lipinski definition) is 1. The van der Waals surface area contributed by atoms with Crippen molar-refractivity contribution in [1.82, 2.24) is 3.80 Å². The van der Waals surface area contributed by atoms with Crippen molar-refractivity contribution in [2.75, 3.05) is 0 Å². The van der Waals surface area contributed by atoms with Crippen LogP contribution < -0.4 is 7.67 Å². The molecule has 0 aliphatic heterocycles. The average molecular weight is 429 g/mol. The van der Waals surface area contributed by atoms with Crippen LogP contribution in [0, 0.1) is 0 Å². The zero-order valence-corrected chi connectivity index (χ0v) is 19.1. The summed E-state index contributed by atoms with van der Waals surface area (Å²) >= 11 is -4.34. The van der Waals surface area contributed by atoms with Crippen LogP contribution in [-0.4, -0.2) is 12.6 Å². The zero-order chi connectivity index (χ0) is 18.3. The second-order valence-electron chi connectivity index (χ2n) is 7.20. The van der Waals surface area contributed by atoms with Gasteiger partial charge < -0.3 is 0 Å². The van der Waals surface area contributed by atoms with Crippen LogP contribution in [0.2, 0.25) is 13.1 Å². The Balaban J connectivity index is 2.16. The Hall–Kier alpha value is -0.579. The first-order chi connectivity index (χ1) is 11.8. The molecule has 2 aromatic carbocycles. The van der Waals surface area contributed by atoms with E-state index in [0.717, 1.165) is 16.7 Å². The molecule has 0 saturated carbocycles. The van der Waals surface area contributed by atoms with E-state index in [9.17, 15) is 4.79 Å². The molecule has 1 amide bonds. The SMILES string of the molecule is CCCC(=O)[NH][Ti]([Cl])([Cl])([c]1cccc2c1Cc1ccccc1-2)[SiH](C)C. The van der Waals surface area contributed by atoms with Gasteiger partial charge in [-0.1, -0.05) is 0 Å². The summed E-state index contributed by atoms with van der Waals surface area (Å²) in [5.74, 6) is -0.0150. The van der Waals surface area contributed by atoms with Crippen LogP contribution in [0.5, 0.6) is 0 Å². The zero-order valence-electron chi connectivity index (χ0n) is 14.9. The first-order valence-electron chi connectivity index (χ1n) is 8.86. The van der Waals surface area contributed by atoms with Gasteiger partial charge in [-0.3, -0.25) is 0 Å². The van der Waals surface area contributed by atoms with Crippen molar-refractivity contribution >= 4 is 35.0 Å². The summed E-state index contributed by atoms with van der Waals surface area (Å²) in [5.41, 5.74) is 4.98. The molecule has 2 aromatic rings. The Kier molecular flexibility index (Phi) is 5.27. The molecule has 1 N–H and O–H groups in total. The van der Waals surface area contributed by atoms with E-state index in [1.807, 2.05) is 13.0 Å². The maximum absolute atomic E-state index is 12.5. The molecule has 0 aromatic heterocycles. The maximum atomic E-state index is 12.5. The molecule has 6 heteroatoms. The molecular weight excluding hydrogens is 405 g/mol. The number of halogens is 2. The first kappa shape index (κ1) is 19.2. The number of carbonyl (C=O) groups excluding carboxylic acids is 1. The predicted octanol–water partition coefficient (Wildman–Crippen LogP) is 4.70. The summed E-state index contributed by atoms with van der Waals surface area (Å²) in [5, 5.41) is 0. The predicted molar refractivity (Wildman–Crippen MR) is 108 cm³/mol. The van der Waals surface area contributed by atoms with Crippen LogP contribution in [0.15, 0.2) is 42.5 Å². The number of carbonyl (C=O) groups is 1. The average Bonchev–Trinajstić information content (AvgIpc) is 2.93. The van der Waals surface area contributed by atoms with E-state index >= 15 is 0 Å². The monoisotopic (exact) mass is 428 g/mol. The number of amides is 1. The van der Waals surface area contributed by atoms with Crippen molar-refractivity contribution in [3.63, 3.8) is 0 Å².